The van der Waals surface area contributed by atoms with E-state index in [0.29, 0.717) is 0 Å². The number of carboxylic acid groups (broad SMARTS) is 1. The van der Waals surface area contributed by atoms with Crippen LogP contribution in [0.3, 0.4) is 0 Å². The summed E-state index contributed by atoms with van der Waals surface area (Å²) >= 11 is 0. The van der Waals surface area contributed by atoms with Gasteiger partial charge in [0, 0.05) is 0 Å². The molecule has 0 saturated heterocycles. The van der Waals surface area contributed by atoms with Crippen molar-refractivity contribution < 1.29 is 50.5 Å². The highest BCUT2D eigenvalue weighted by Crippen LogP contribution is 2.43. The Morgan fingerprint density at radius 2 is 1.28 bits per heavy atom. The number of hydrogen-bond acceptors (Lipinski definition) is 5. The quantitative estimate of drug-likeness (QED) is 0.174. The Morgan fingerprint density at radius 3 is 1.69 bits per heavy atom. The summed E-state index contributed by atoms with van der Waals surface area (Å²) in [5, 5.41) is 12.7. The number of hydrogen-bond donors (Lipinski definition) is 3. The lowest BCUT2D eigenvalue weighted by Gasteiger charge is -2.26. The van der Waals surface area contributed by atoms with E-state index in [1.54, 1.807) is 0 Å². The summed E-state index contributed by atoms with van der Waals surface area (Å²) in [6.07, 6.45) is -0.604. The van der Waals surface area contributed by atoms with Gasteiger partial charge in [0.05, 0.1) is 6.10 Å². The molecule has 0 amide bonds. The van der Waals surface area contributed by atoms with Crippen molar-refractivity contribution >= 4 is 19.6 Å². The second kappa shape index (κ2) is 9.51. The first-order valence-electron chi connectivity index (χ1n) is 8.00. The van der Waals surface area contributed by atoms with Gasteiger partial charge in [-0.1, -0.05) is 0 Å². The van der Waals surface area contributed by atoms with Crippen LogP contribution in [0.4, 0.5) is 22.0 Å². The molecule has 0 fully saturated rings. The van der Waals surface area contributed by atoms with Crippen molar-refractivity contribution in [3.05, 3.63) is 29.1 Å². The second-order valence-electron chi connectivity index (χ2n) is 6.07. The van der Waals surface area contributed by atoms with Crippen LogP contribution >= 0.6 is 7.67 Å². The molecule has 0 radical (unpaired) electrons. The van der Waals surface area contributed by atoms with Crippen LogP contribution < -0.4 is 14.7 Å². The lowest BCUT2D eigenvalue weighted by molar-refractivity contribution is -0.149. The molecule has 0 aromatic heterocycles. The fraction of sp³-hybridized carbons (Fsp3) is 0.467. The molecule has 3 atom stereocenters. The highest BCUT2D eigenvalue weighted by atomic mass is 31.2. The Morgan fingerprint density at radius 1 is 0.862 bits per heavy atom. The van der Waals surface area contributed by atoms with Gasteiger partial charge in [0.1, 0.15) is 12.1 Å². The molecular formula is C15H18F5N2O6P. The molecule has 1 rings (SSSR count). The molecule has 0 aliphatic heterocycles. The van der Waals surface area contributed by atoms with Crippen LogP contribution in [0.1, 0.15) is 27.7 Å². The van der Waals surface area contributed by atoms with Crippen LogP contribution in [0.25, 0.3) is 0 Å². The number of carbonyl (C=O) groups excluding carboxylic acids is 1. The normalized spacial score (nSPS) is 15.5. The van der Waals surface area contributed by atoms with E-state index >= 15 is 0 Å². The zero-order valence-corrected chi connectivity index (χ0v) is 16.5. The van der Waals surface area contributed by atoms with Gasteiger partial charge in [-0.3, -0.25) is 9.59 Å². The molecular weight excluding hydrogens is 430 g/mol. The molecule has 0 aliphatic carbocycles. The lowest BCUT2D eigenvalue weighted by atomic mass is 10.3. The number of esters is 1. The van der Waals surface area contributed by atoms with Gasteiger partial charge in [-0.15, -0.1) is 0 Å². The maximum absolute atomic E-state index is 13.9. The first-order chi connectivity index (χ1) is 13.2. The average molecular weight is 448 g/mol. The lowest BCUT2D eigenvalue weighted by Crippen LogP contribution is -2.43. The highest BCUT2D eigenvalue weighted by Gasteiger charge is 2.38. The first kappa shape index (κ1) is 24.8. The van der Waals surface area contributed by atoms with Gasteiger partial charge < -0.3 is 14.4 Å². The topological polar surface area (TPSA) is 114 Å². The zero-order chi connectivity index (χ0) is 22.7. The zero-order valence-electron chi connectivity index (χ0n) is 15.6. The maximum atomic E-state index is 13.9. The molecule has 14 heteroatoms. The van der Waals surface area contributed by atoms with Crippen molar-refractivity contribution in [2.45, 2.75) is 45.9 Å². The molecule has 0 saturated carbocycles. The molecule has 0 spiro atoms. The molecule has 3 N–H and O–H groups in total. The highest BCUT2D eigenvalue weighted by molar-refractivity contribution is 7.55. The third-order valence-electron chi connectivity index (χ3n) is 3.19. The van der Waals surface area contributed by atoms with E-state index in [1.807, 2.05) is 10.2 Å². The third kappa shape index (κ3) is 6.12. The van der Waals surface area contributed by atoms with Crippen molar-refractivity contribution in [2.24, 2.45) is 0 Å². The summed E-state index contributed by atoms with van der Waals surface area (Å²) in [4.78, 5) is 22.9. The molecule has 1 unspecified atom stereocenters. The van der Waals surface area contributed by atoms with Crippen molar-refractivity contribution in [1.29, 1.82) is 0 Å². The number of rotatable bonds is 9. The Labute approximate surface area is 161 Å². The van der Waals surface area contributed by atoms with Gasteiger partial charge in [-0.05, 0) is 27.7 Å². The van der Waals surface area contributed by atoms with Crippen molar-refractivity contribution in [2.75, 3.05) is 0 Å². The minimum Gasteiger partial charge on any atom is -0.480 e. The molecule has 164 valence electrons. The smallest absolute Gasteiger partial charge is 0.392 e. The van der Waals surface area contributed by atoms with E-state index in [-0.39, 0.29) is 0 Å². The van der Waals surface area contributed by atoms with E-state index in [0.717, 1.165) is 13.8 Å². The fourth-order valence-corrected chi connectivity index (χ4v) is 3.67. The minimum absolute atomic E-state index is 0.604. The fourth-order valence-electron chi connectivity index (χ4n) is 1.84. The van der Waals surface area contributed by atoms with E-state index < -0.39 is 72.6 Å². The van der Waals surface area contributed by atoms with E-state index in [9.17, 15) is 36.1 Å². The Kier molecular flexibility index (Phi) is 8.13. The Bertz CT molecular complexity index is 824. The van der Waals surface area contributed by atoms with Gasteiger partial charge in [0.25, 0.3) is 0 Å². The summed E-state index contributed by atoms with van der Waals surface area (Å²) in [5.41, 5.74) is 0. The van der Waals surface area contributed by atoms with Gasteiger partial charge in [-0.2, -0.15) is 8.78 Å². The maximum Gasteiger partial charge on any atom is 0.392 e. The monoisotopic (exact) mass is 448 g/mol. The van der Waals surface area contributed by atoms with E-state index in [1.165, 1.54) is 13.8 Å². The number of nitrogens with one attached hydrogen (secondary N) is 2. The average Bonchev–Trinajstić information content (AvgIpc) is 2.61. The molecule has 0 bridgehead atoms. The molecule has 8 nitrogen and oxygen atoms in total. The summed E-state index contributed by atoms with van der Waals surface area (Å²) in [6.45, 7) is 5.02. The third-order valence-corrected chi connectivity index (χ3v) is 5.09. The van der Waals surface area contributed by atoms with Gasteiger partial charge in [0.15, 0.2) is 0 Å². The second-order valence-corrected chi connectivity index (χ2v) is 7.87. The minimum atomic E-state index is -4.93. The molecule has 1 aromatic rings. The van der Waals surface area contributed by atoms with Crippen LogP contribution in [0, 0.1) is 29.1 Å². The van der Waals surface area contributed by atoms with Crippen molar-refractivity contribution in [3.8, 4) is 5.75 Å². The Hall–Kier alpha value is -2.24. The van der Waals surface area contributed by atoms with Crippen LogP contribution in [0.5, 0.6) is 5.75 Å². The number of carbonyl (C=O) groups is 2. The van der Waals surface area contributed by atoms with Crippen LogP contribution in [-0.4, -0.2) is 35.2 Å². The van der Waals surface area contributed by atoms with Crippen molar-refractivity contribution in [1.82, 2.24) is 10.2 Å². The number of carboxylic acids is 1. The van der Waals surface area contributed by atoms with Crippen LogP contribution in [-0.2, 0) is 18.9 Å². The predicted octanol–water partition coefficient (Wildman–Crippen LogP) is 2.86. The molecule has 0 heterocycles. The molecule has 0 aliphatic rings. The predicted molar refractivity (Wildman–Crippen MR) is 88.5 cm³/mol. The van der Waals surface area contributed by atoms with E-state index in [4.69, 9.17) is 9.84 Å². The van der Waals surface area contributed by atoms with Gasteiger partial charge in [-0.25, -0.2) is 27.9 Å². The number of aliphatic carboxylic acids is 1. The largest absolute Gasteiger partial charge is 0.480 e. The molecule has 29 heavy (non-hydrogen) atoms. The standard InChI is InChI=1S/C15H18F5N2O6P/c1-5(2)27-15(25)7(4)22-29(26,21-6(3)14(23)24)28-13-11(19)9(17)8(16)10(18)12(13)20/h5-7H,1-4H3,(H,23,24)(H2,21,22,26)/t6-,7+,29?/m0/s1. The van der Waals surface area contributed by atoms with Crippen LogP contribution in [0.15, 0.2) is 0 Å². The number of ether oxygens (including phenoxy) is 1. The SMILES string of the molecule is CC(C)OC(=O)[C@@H](C)NP(=O)(N[C@@H](C)C(=O)O)Oc1c(F)c(F)c(F)c(F)c1F. The van der Waals surface area contributed by atoms with Gasteiger partial charge in [0.2, 0.25) is 34.8 Å². The first-order valence-corrected chi connectivity index (χ1v) is 9.62. The molecule has 1 aromatic carbocycles. The van der Waals surface area contributed by atoms with Gasteiger partial charge >= 0.3 is 19.6 Å². The summed E-state index contributed by atoms with van der Waals surface area (Å²) in [5.74, 6) is -16.6. The summed E-state index contributed by atoms with van der Waals surface area (Å²) < 4.78 is 89.9. The summed E-state index contributed by atoms with van der Waals surface area (Å²) in [7, 11) is -4.93. The number of halogens is 5. The Balaban J connectivity index is 3.35. The van der Waals surface area contributed by atoms with E-state index in [2.05, 4.69) is 4.52 Å². The summed E-state index contributed by atoms with van der Waals surface area (Å²) in [6, 6.07) is -3.17. The van der Waals surface area contributed by atoms with Crippen LogP contribution in [0.2, 0.25) is 0 Å². The van der Waals surface area contributed by atoms with Crippen molar-refractivity contribution in [3.63, 3.8) is 0 Å². The number of benzene rings is 1.